The summed E-state index contributed by atoms with van der Waals surface area (Å²) in [7, 11) is 0. The van der Waals surface area contributed by atoms with E-state index in [0.29, 0.717) is 18.5 Å². The van der Waals surface area contributed by atoms with Crippen molar-refractivity contribution in [2.75, 3.05) is 13.1 Å². The Morgan fingerprint density at radius 1 is 0.963 bits per heavy atom. The standard InChI is InChI=1S/C23H26N2O2/c26-22-11-6-14-25(22)16-21(18-8-2-1-3-9-18)24-23(27)20-13-12-17-7-4-5-10-19(17)15-20/h1-3,8-9,12-13,15,21H,4-7,10-11,14,16H2,(H,24,27)/t21-/m0/s1. The topological polar surface area (TPSA) is 49.4 Å². The van der Waals surface area contributed by atoms with Crippen molar-refractivity contribution in [3.63, 3.8) is 0 Å². The van der Waals surface area contributed by atoms with Gasteiger partial charge in [-0.2, -0.15) is 0 Å². The predicted octanol–water partition coefficient (Wildman–Crippen LogP) is 3.66. The maximum atomic E-state index is 13.0. The Kier molecular flexibility index (Phi) is 5.23. The van der Waals surface area contributed by atoms with Crippen LogP contribution in [0.4, 0.5) is 0 Å². The molecule has 1 saturated heterocycles. The van der Waals surface area contributed by atoms with Gasteiger partial charge in [0.25, 0.3) is 5.91 Å². The molecule has 2 aromatic rings. The summed E-state index contributed by atoms with van der Waals surface area (Å²) in [5.41, 5.74) is 4.42. The first-order valence-corrected chi connectivity index (χ1v) is 9.96. The fourth-order valence-electron chi connectivity index (χ4n) is 4.15. The van der Waals surface area contributed by atoms with Crippen molar-refractivity contribution >= 4 is 11.8 Å². The molecule has 0 radical (unpaired) electrons. The van der Waals surface area contributed by atoms with Crippen molar-refractivity contribution in [2.45, 2.75) is 44.6 Å². The van der Waals surface area contributed by atoms with Crippen LogP contribution in [0.1, 0.15) is 58.8 Å². The molecule has 4 heteroatoms. The highest BCUT2D eigenvalue weighted by Crippen LogP contribution is 2.23. The third-order valence-electron chi connectivity index (χ3n) is 5.69. The van der Waals surface area contributed by atoms with Crippen LogP contribution in [0.15, 0.2) is 48.5 Å². The molecule has 0 spiro atoms. The molecule has 0 saturated carbocycles. The molecule has 0 bridgehead atoms. The van der Waals surface area contributed by atoms with E-state index in [9.17, 15) is 9.59 Å². The Morgan fingerprint density at radius 3 is 2.48 bits per heavy atom. The summed E-state index contributed by atoms with van der Waals surface area (Å²) in [6.45, 7) is 1.30. The van der Waals surface area contributed by atoms with E-state index in [1.54, 1.807) is 0 Å². The van der Waals surface area contributed by atoms with Crippen molar-refractivity contribution in [2.24, 2.45) is 0 Å². The van der Waals surface area contributed by atoms with Gasteiger partial charge in [-0.15, -0.1) is 0 Å². The lowest BCUT2D eigenvalue weighted by atomic mass is 9.90. The van der Waals surface area contributed by atoms with Gasteiger partial charge in [0.2, 0.25) is 5.91 Å². The smallest absolute Gasteiger partial charge is 0.251 e. The van der Waals surface area contributed by atoms with E-state index in [4.69, 9.17) is 0 Å². The quantitative estimate of drug-likeness (QED) is 0.882. The Morgan fingerprint density at radius 2 is 1.74 bits per heavy atom. The number of aryl methyl sites for hydroxylation is 2. The number of amides is 2. The second-order valence-electron chi connectivity index (χ2n) is 7.57. The molecule has 0 unspecified atom stereocenters. The minimum Gasteiger partial charge on any atom is -0.343 e. The van der Waals surface area contributed by atoms with Crippen molar-refractivity contribution in [3.05, 3.63) is 70.8 Å². The molecule has 27 heavy (non-hydrogen) atoms. The summed E-state index contributed by atoms with van der Waals surface area (Å²) < 4.78 is 0. The van der Waals surface area contributed by atoms with Crippen LogP contribution in [0.2, 0.25) is 0 Å². The maximum absolute atomic E-state index is 13.0. The van der Waals surface area contributed by atoms with Crippen molar-refractivity contribution < 1.29 is 9.59 Å². The second-order valence-corrected chi connectivity index (χ2v) is 7.57. The van der Waals surface area contributed by atoms with Gasteiger partial charge in [-0.3, -0.25) is 9.59 Å². The highest BCUT2D eigenvalue weighted by Gasteiger charge is 2.25. The molecule has 1 fully saturated rings. The molecule has 1 N–H and O–H groups in total. The molecule has 2 amide bonds. The fourth-order valence-corrected chi connectivity index (χ4v) is 4.15. The van der Waals surface area contributed by atoms with Gasteiger partial charge < -0.3 is 10.2 Å². The second kappa shape index (κ2) is 7.95. The molecule has 0 aromatic heterocycles. The third kappa shape index (κ3) is 4.05. The monoisotopic (exact) mass is 362 g/mol. The number of carbonyl (C=O) groups is 2. The molecule has 2 aliphatic rings. The highest BCUT2D eigenvalue weighted by atomic mass is 16.2. The molecule has 4 rings (SSSR count). The maximum Gasteiger partial charge on any atom is 0.251 e. The van der Waals surface area contributed by atoms with Crippen molar-refractivity contribution in [1.29, 1.82) is 0 Å². The van der Waals surface area contributed by atoms with Gasteiger partial charge in [-0.25, -0.2) is 0 Å². The van der Waals surface area contributed by atoms with Gasteiger partial charge in [0.1, 0.15) is 0 Å². The minimum absolute atomic E-state index is 0.0659. The van der Waals surface area contributed by atoms with Gasteiger partial charge in [0.05, 0.1) is 6.04 Å². The number of fused-ring (bicyclic) bond motifs is 1. The first kappa shape index (κ1) is 17.8. The van der Waals surface area contributed by atoms with E-state index in [0.717, 1.165) is 31.4 Å². The van der Waals surface area contributed by atoms with Gasteiger partial charge >= 0.3 is 0 Å². The van der Waals surface area contributed by atoms with Crippen LogP contribution < -0.4 is 5.32 Å². The largest absolute Gasteiger partial charge is 0.343 e. The summed E-state index contributed by atoms with van der Waals surface area (Å²) in [4.78, 5) is 26.9. The normalized spacial score (nSPS) is 17.5. The van der Waals surface area contributed by atoms with Gasteiger partial charge in [0, 0.05) is 25.1 Å². The molecule has 1 aliphatic carbocycles. The number of hydrogen-bond donors (Lipinski definition) is 1. The summed E-state index contributed by atoms with van der Waals surface area (Å²) in [5.74, 6) is 0.114. The molecular weight excluding hydrogens is 336 g/mol. The van der Waals surface area contributed by atoms with Crippen LogP contribution in [0, 0.1) is 0 Å². The first-order valence-electron chi connectivity index (χ1n) is 9.96. The first-order chi connectivity index (χ1) is 13.2. The molecule has 4 nitrogen and oxygen atoms in total. The Balaban J connectivity index is 1.53. The van der Waals surface area contributed by atoms with Crippen LogP contribution in [-0.2, 0) is 17.6 Å². The SMILES string of the molecule is O=C(N[C@@H](CN1CCCC1=O)c1ccccc1)c1ccc2c(c1)CCCC2. The molecule has 1 atom stereocenters. The van der Waals surface area contributed by atoms with Crippen molar-refractivity contribution in [3.8, 4) is 0 Å². The molecule has 1 aliphatic heterocycles. The Labute approximate surface area is 160 Å². The summed E-state index contributed by atoms with van der Waals surface area (Å²) in [5, 5.41) is 3.17. The number of hydrogen-bond acceptors (Lipinski definition) is 2. The van der Waals surface area contributed by atoms with E-state index in [1.807, 2.05) is 47.4 Å². The van der Waals surface area contributed by atoms with Crippen molar-refractivity contribution in [1.82, 2.24) is 10.2 Å². The highest BCUT2D eigenvalue weighted by molar-refractivity contribution is 5.94. The zero-order valence-electron chi connectivity index (χ0n) is 15.6. The Bertz CT molecular complexity index is 832. The molecule has 2 aromatic carbocycles. The van der Waals surface area contributed by atoms with E-state index >= 15 is 0 Å². The van der Waals surface area contributed by atoms with E-state index in [2.05, 4.69) is 11.4 Å². The number of carbonyl (C=O) groups excluding carboxylic acids is 2. The lowest BCUT2D eigenvalue weighted by molar-refractivity contribution is -0.128. The molecular formula is C23H26N2O2. The van der Waals surface area contributed by atoms with Crippen LogP contribution in [-0.4, -0.2) is 29.8 Å². The zero-order valence-corrected chi connectivity index (χ0v) is 15.6. The number of rotatable bonds is 5. The lowest BCUT2D eigenvalue weighted by Crippen LogP contribution is -2.38. The van der Waals surface area contributed by atoms with Gasteiger partial charge in [-0.05, 0) is 60.9 Å². The van der Waals surface area contributed by atoms with Gasteiger partial charge in [0.15, 0.2) is 0 Å². The molecule has 1 heterocycles. The van der Waals surface area contributed by atoms with E-state index in [-0.39, 0.29) is 17.9 Å². The predicted molar refractivity (Wildman–Crippen MR) is 106 cm³/mol. The minimum atomic E-state index is -0.197. The average molecular weight is 362 g/mol. The zero-order chi connectivity index (χ0) is 18.6. The Hall–Kier alpha value is -2.62. The van der Waals surface area contributed by atoms with E-state index < -0.39 is 0 Å². The van der Waals surface area contributed by atoms with E-state index in [1.165, 1.54) is 24.0 Å². The summed E-state index contributed by atoms with van der Waals surface area (Å²) >= 11 is 0. The number of nitrogens with zero attached hydrogens (tertiary/aromatic N) is 1. The number of nitrogens with one attached hydrogen (secondary N) is 1. The summed E-state index contributed by atoms with van der Waals surface area (Å²) in [6, 6.07) is 15.8. The van der Waals surface area contributed by atoms with Gasteiger partial charge in [-0.1, -0.05) is 36.4 Å². The summed E-state index contributed by atoms with van der Waals surface area (Å²) in [6.07, 6.45) is 6.11. The van der Waals surface area contributed by atoms with Crippen LogP contribution in [0.3, 0.4) is 0 Å². The number of likely N-dealkylation sites (tertiary alicyclic amines) is 1. The van der Waals surface area contributed by atoms with Crippen LogP contribution in [0.25, 0.3) is 0 Å². The third-order valence-corrected chi connectivity index (χ3v) is 5.69. The fraction of sp³-hybridized carbons (Fsp3) is 0.391. The lowest BCUT2D eigenvalue weighted by Gasteiger charge is -2.25. The van der Waals surface area contributed by atoms with Crippen LogP contribution in [0.5, 0.6) is 0 Å². The number of benzene rings is 2. The average Bonchev–Trinajstić information content (AvgIpc) is 3.12. The van der Waals surface area contributed by atoms with Crippen LogP contribution >= 0.6 is 0 Å². The molecule has 140 valence electrons.